The second kappa shape index (κ2) is 6.81. The SMILES string of the molecule is O=C1NCCC[C@]12CN(Cc1cn[nH]c1-c1ccc(F)cc1)CC[C@@H]2O. The molecule has 2 fully saturated rings. The maximum Gasteiger partial charge on any atom is 0.230 e. The zero-order chi connectivity index (χ0) is 18.1. The average molecular weight is 358 g/mol. The fraction of sp³-hybridized carbons (Fsp3) is 0.474. The molecule has 0 saturated carbocycles. The molecule has 2 aliphatic heterocycles. The molecule has 6 nitrogen and oxygen atoms in total. The van der Waals surface area contributed by atoms with Crippen LogP contribution in [0.5, 0.6) is 0 Å². The first kappa shape index (κ1) is 17.2. The van der Waals surface area contributed by atoms with Crippen molar-refractivity contribution >= 4 is 5.91 Å². The summed E-state index contributed by atoms with van der Waals surface area (Å²) in [5, 5.41) is 20.6. The second-order valence-electron chi connectivity index (χ2n) is 7.31. The highest BCUT2D eigenvalue weighted by molar-refractivity contribution is 5.84. The van der Waals surface area contributed by atoms with E-state index in [-0.39, 0.29) is 11.7 Å². The number of nitrogens with one attached hydrogen (secondary N) is 2. The summed E-state index contributed by atoms with van der Waals surface area (Å²) in [7, 11) is 0. The van der Waals surface area contributed by atoms with Gasteiger partial charge in [0.05, 0.1) is 23.4 Å². The Kier molecular flexibility index (Phi) is 4.50. The van der Waals surface area contributed by atoms with Crippen LogP contribution in [0.2, 0.25) is 0 Å². The lowest BCUT2D eigenvalue weighted by atomic mass is 9.71. The molecule has 2 atom stereocenters. The normalized spacial score (nSPS) is 26.8. The van der Waals surface area contributed by atoms with Crippen molar-refractivity contribution in [1.82, 2.24) is 20.4 Å². The first-order valence-corrected chi connectivity index (χ1v) is 9.05. The Labute approximate surface area is 151 Å². The molecule has 1 aromatic heterocycles. The van der Waals surface area contributed by atoms with E-state index >= 15 is 0 Å². The highest BCUT2D eigenvalue weighted by Gasteiger charge is 2.49. The van der Waals surface area contributed by atoms with Crippen molar-refractivity contribution in [2.45, 2.75) is 31.9 Å². The van der Waals surface area contributed by atoms with Crippen LogP contribution >= 0.6 is 0 Å². The smallest absolute Gasteiger partial charge is 0.230 e. The number of amides is 1. The number of H-pyrrole nitrogens is 1. The topological polar surface area (TPSA) is 81.2 Å². The van der Waals surface area contributed by atoms with Gasteiger partial charge in [-0.05, 0) is 43.5 Å². The van der Waals surface area contributed by atoms with Gasteiger partial charge in [0.1, 0.15) is 5.82 Å². The number of piperidine rings is 2. The van der Waals surface area contributed by atoms with Gasteiger partial charge >= 0.3 is 0 Å². The fourth-order valence-corrected chi connectivity index (χ4v) is 4.20. The molecule has 1 amide bonds. The number of aliphatic hydroxyl groups is 1. The molecule has 0 radical (unpaired) electrons. The number of aliphatic hydroxyl groups excluding tert-OH is 1. The summed E-state index contributed by atoms with van der Waals surface area (Å²) in [6.45, 7) is 2.58. The summed E-state index contributed by atoms with van der Waals surface area (Å²) in [6, 6.07) is 6.31. The van der Waals surface area contributed by atoms with Crippen LogP contribution in [0.4, 0.5) is 4.39 Å². The number of hydrogen-bond donors (Lipinski definition) is 3. The summed E-state index contributed by atoms with van der Waals surface area (Å²) in [5.74, 6) is -0.308. The van der Waals surface area contributed by atoms with Gasteiger partial charge in [0.25, 0.3) is 0 Å². The minimum atomic E-state index is -0.712. The van der Waals surface area contributed by atoms with Crippen LogP contribution in [-0.2, 0) is 11.3 Å². The fourth-order valence-electron chi connectivity index (χ4n) is 4.20. The number of halogens is 1. The molecular formula is C19H23FN4O2. The summed E-state index contributed by atoms with van der Waals surface area (Å²) in [4.78, 5) is 14.7. The summed E-state index contributed by atoms with van der Waals surface area (Å²) >= 11 is 0. The third-order valence-corrected chi connectivity index (χ3v) is 5.64. The van der Waals surface area contributed by atoms with E-state index in [4.69, 9.17) is 0 Å². The quantitative estimate of drug-likeness (QED) is 0.780. The Morgan fingerprint density at radius 3 is 2.92 bits per heavy atom. The highest BCUT2D eigenvalue weighted by atomic mass is 19.1. The monoisotopic (exact) mass is 358 g/mol. The number of likely N-dealkylation sites (tertiary alicyclic amines) is 1. The van der Waals surface area contributed by atoms with Crippen LogP contribution < -0.4 is 5.32 Å². The Hall–Kier alpha value is -2.25. The van der Waals surface area contributed by atoms with Crippen LogP contribution in [-0.4, -0.2) is 51.8 Å². The second-order valence-corrected chi connectivity index (χ2v) is 7.31. The molecule has 138 valence electrons. The Morgan fingerprint density at radius 2 is 2.15 bits per heavy atom. The van der Waals surface area contributed by atoms with E-state index in [0.717, 1.165) is 29.8 Å². The lowest BCUT2D eigenvalue weighted by Crippen LogP contribution is -2.61. The minimum absolute atomic E-state index is 0.0353. The van der Waals surface area contributed by atoms with E-state index in [9.17, 15) is 14.3 Å². The number of carbonyl (C=O) groups is 1. The third-order valence-electron chi connectivity index (χ3n) is 5.64. The molecule has 7 heteroatoms. The minimum Gasteiger partial charge on any atom is -0.392 e. The number of aromatic nitrogens is 2. The van der Waals surface area contributed by atoms with Crippen LogP contribution in [0.3, 0.4) is 0 Å². The standard InChI is InChI=1S/C19H23FN4O2/c20-15-4-2-13(3-5-15)17-14(10-22-23-17)11-24-9-6-16(25)19(12-24)7-1-8-21-18(19)26/h2-5,10,16,25H,1,6-9,11-12H2,(H,21,26)(H,22,23)/t16-,19+/m0/s1. The number of carbonyl (C=O) groups excluding carboxylic acids is 1. The number of hydrogen-bond acceptors (Lipinski definition) is 4. The maximum atomic E-state index is 13.2. The molecular weight excluding hydrogens is 335 g/mol. The number of benzene rings is 1. The first-order valence-electron chi connectivity index (χ1n) is 9.05. The van der Waals surface area contributed by atoms with Crippen LogP contribution in [0.1, 0.15) is 24.8 Å². The van der Waals surface area contributed by atoms with E-state index in [1.165, 1.54) is 12.1 Å². The summed E-state index contributed by atoms with van der Waals surface area (Å²) < 4.78 is 13.2. The van der Waals surface area contributed by atoms with E-state index in [1.807, 2.05) is 0 Å². The van der Waals surface area contributed by atoms with Crippen molar-refractivity contribution in [3.05, 3.63) is 41.8 Å². The molecule has 2 aliphatic rings. The predicted molar refractivity (Wildman–Crippen MR) is 94.6 cm³/mol. The van der Waals surface area contributed by atoms with Gasteiger partial charge in [0.15, 0.2) is 0 Å². The van der Waals surface area contributed by atoms with E-state index in [2.05, 4.69) is 20.4 Å². The molecule has 3 N–H and O–H groups in total. The van der Waals surface area contributed by atoms with Crippen molar-refractivity contribution in [2.24, 2.45) is 5.41 Å². The molecule has 0 unspecified atom stereocenters. The van der Waals surface area contributed by atoms with Gasteiger partial charge in [0, 0.05) is 37.3 Å². The Morgan fingerprint density at radius 1 is 1.35 bits per heavy atom. The zero-order valence-electron chi connectivity index (χ0n) is 14.5. The van der Waals surface area contributed by atoms with Gasteiger partial charge < -0.3 is 10.4 Å². The molecule has 4 rings (SSSR count). The predicted octanol–water partition coefficient (Wildman–Crippen LogP) is 1.68. The largest absolute Gasteiger partial charge is 0.392 e. The molecule has 1 aromatic carbocycles. The van der Waals surface area contributed by atoms with Crippen LogP contribution in [0, 0.1) is 11.2 Å². The maximum absolute atomic E-state index is 13.2. The van der Waals surface area contributed by atoms with Gasteiger partial charge in [-0.25, -0.2) is 4.39 Å². The van der Waals surface area contributed by atoms with E-state index in [0.29, 0.717) is 32.5 Å². The molecule has 1 spiro atoms. The van der Waals surface area contributed by atoms with Gasteiger partial charge in [-0.2, -0.15) is 5.10 Å². The zero-order valence-corrected chi connectivity index (χ0v) is 14.5. The molecule has 2 saturated heterocycles. The highest BCUT2D eigenvalue weighted by Crippen LogP contribution is 2.38. The lowest BCUT2D eigenvalue weighted by molar-refractivity contribution is -0.149. The Bertz CT molecular complexity index is 791. The van der Waals surface area contributed by atoms with Gasteiger partial charge in [-0.3, -0.25) is 14.8 Å². The van der Waals surface area contributed by atoms with Crippen molar-refractivity contribution in [1.29, 1.82) is 0 Å². The van der Waals surface area contributed by atoms with E-state index in [1.54, 1.807) is 18.3 Å². The summed E-state index contributed by atoms with van der Waals surface area (Å²) in [5.41, 5.74) is 2.02. The summed E-state index contributed by atoms with van der Waals surface area (Å²) in [6.07, 6.45) is 3.37. The number of aromatic amines is 1. The Balaban J connectivity index is 1.54. The van der Waals surface area contributed by atoms with Gasteiger partial charge in [-0.15, -0.1) is 0 Å². The molecule has 2 aromatic rings. The van der Waals surface area contributed by atoms with Crippen LogP contribution in [0.25, 0.3) is 11.3 Å². The van der Waals surface area contributed by atoms with Crippen LogP contribution in [0.15, 0.2) is 30.5 Å². The molecule has 3 heterocycles. The molecule has 0 aliphatic carbocycles. The number of rotatable bonds is 3. The van der Waals surface area contributed by atoms with Crippen molar-refractivity contribution in [3.8, 4) is 11.3 Å². The first-order chi connectivity index (χ1) is 12.6. The molecule has 26 heavy (non-hydrogen) atoms. The number of nitrogens with zero attached hydrogens (tertiary/aromatic N) is 2. The van der Waals surface area contributed by atoms with Crippen molar-refractivity contribution in [3.63, 3.8) is 0 Å². The average Bonchev–Trinajstić information content (AvgIpc) is 3.09. The van der Waals surface area contributed by atoms with E-state index < -0.39 is 11.5 Å². The van der Waals surface area contributed by atoms with Crippen molar-refractivity contribution in [2.75, 3.05) is 19.6 Å². The van der Waals surface area contributed by atoms with Gasteiger partial charge in [-0.1, -0.05) is 0 Å². The van der Waals surface area contributed by atoms with Gasteiger partial charge in [0.2, 0.25) is 5.91 Å². The lowest BCUT2D eigenvalue weighted by Gasteiger charge is -2.46. The third kappa shape index (κ3) is 3.01. The van der Waals surface area contributed by atoms with Crippen molar-refractivity contribution < 1.29 is 14.3 Å². The molecule has 0 bridgehead atoms.